The van der Waals surface area contributed by atoms with E-state index in [2.05, 4.69) is 0 Å². The van der Waals surface area contributed by atoms with Gasteiger partial charge in [0.15, 0.2) is 0 Å². The first kappa shape index (κ1) is 15.0. The number of nitriles is 2. The van der Waals surface area contributed by atoms with Crippen molar-refractivity contribution in [2.75, 3.05) is 0 Å². The van der Waals surface area contributed by atoms with Gasteiger partial charge in [-0.1, -0.05) is 18.2 Å². The summed E-state index contributed by atoms with van der Waals surface area (Å²) in [6.07, 6.45) is 1.41. The van der Waals surface area contributed by atoms with Crippen molar-refractivity contribution < 1.29 is 13.9 Å². The first-order chi connectivity index (χ1) is 10.6. The highest BCUT2D eigenvalue weighted by Crippen LogP contribution is 2.16. The lowest BCUT2D eigenvalue weighted by atomic mass is 10.1. The maximum Gasteiger partial charge on any atom is 0.343 e. The van der Waals surface area contributed by atoms with Crippen LogP contribution >= 0.6 is 0 Å². The normalized spacial score (nSPS) is 9.23. The van der Waals surface area contributed by atoms with E-state index in [-0.39, 0.29) is 16.9 Å². The van der Waals surface area contributed by atoms with Crippen molar-refractivity contribution in [2.45, 2.75) is 0 Å². The maximum absolute atomic E-state index is 13.0. The zero-order valence-electron chi connectivity index (χ0n) is 11.3. The Hall–Kier alpha value is -3.44. The Balaban J connectivity index is 2.12. The Kier molecular flexibility index (Phi) is 4.64. The van der Waals surface area contributed by atoms with E-state index in [0.29, 0.717) is 5.56 Å². The minimum Gasteiger partial charge on any atom is -0.423 e. The fourth-order valence-corrected chi connectivity index (χ4v) is 1.67. The summed E-state index contributed by atoms with van der Waals surface area (Å²) in [5.74, 6) is -0.908. The smallest absolute Gasteiger partial charge is 0.343 e. The van der Waals surface area contributed by atoms with Crippen molar-refractivity contribution >= 4 is 12.0 Å². The van der Waals surface area contributed by atoms with Crippen LogP contribution in [0.3, 0.4) is 0 Å². The summed E-state index contributed by atoms with van der Waals surface area (Å²) in [5, 5.41) is 17.3. The number of rotatable bonds is 3. The Morgan fingerprint density at radius 3 is 2.36 bits per heavy atom. The molecule has 0 aromatic heterocycles. The lowest BCUT2D eigenvalue weighted by molar-refractivity contribution is 0.0734. The van der Waals surface area contributed by atoms with E-state index in [0.717, 1.165) is 6.07 Å². The highest BCUT2D eigenvalue weighted by molar-refractivity contribution is 5.91. The van der Waals surface area contributed by atoms with E-state index < -0.39 is 11.8 Å². The maximum atomic E-state index is 13.0. The van der Waals surface area contributed by atoms with Crippen LogP contribution in [0.2, 0.25) is 0 Å². The van der Waals surface area contributed by atoms with E-state index >= 15 is 0 Å². The molecule has 0 spiro atoms. The van der Waals surface area contributed by atoms with Crippen LogP contribution in [0.25, 0.3) is 6.08 Å². The van der Waals surface area contributed by atoms with E-state index in [1.54, 1.807) is 24.3 Å². The molecule has 0 aliphatic rings. The first-order valence-electron chi connectivity index (χ1n) is 6.22. The molecule has 22 heavy (non-hydrogen) atoms. The van der Waals surface area contributed by atoms with Crippen LogP contribution in [0, 0.1) is 28.5 Å². The molecular formula is C17H9FN2O2. The third kappa shape index (κ3) is 3.78. The van der Waals surface area contributed by atoms with Gasteiger partial charge < -0.3 is 4.74 Å². The predicted molar refractivity (Wildman–Crippen MR) is 77.0 cm³/mol. The van der Waals surface area contributed by atoms with Gasteiger partial charge >= 0.3 is 5.97 Å². The van der Waals surface area contributed by atoms with Gasteiger partial charge in [-0.05, 0) is 42.0 Å². The number of ether oxygens (including phenoxy) is 1. The molecule has 4 nitrogen and oxygen atoms in total. The van der Waals surface area contributed by atoms with Crippen LogP contribution in [0.4, 0.5) is 4.39 Å². The van der Waals surface area contributed by atoms with Gasteiger partial charge in [-0.3, -0.25) is 0 Å². The summed E-state index contributed by atoms with van der Waals surface area (Å²) in [6, 6.07) is 15.0. The van der Waals surface area contributed by atoms with E-state index in [4.69, 9.17) is 15.3 Å². The average molecular weight is 292 g/mol. The van der Waals surface area contributed by atoms with Gasteiger partial charge in [-0.25, -0.2) is 9.18 Å². The molecule has 0 unspecified atom stereocenters. The molecule has 0 bridgehead atoms. The molecule has 2 aromatic carbocycles. The Morgan fingerprint density at radius 1 is 1.09 bits per heavy atom. The molecule has 0 fully saturated rings. The van der Waals surface area contributed by atoms with Crippen LogP contribution in [-0.2, 0) is 0 Å². The van der Waals surface area contributed by atoms with Gasteiger partial charge in [-0.15, -0.1) is 0 Å². The van der Waals surface area contributed by atoms with Crippen molar-refractivity contribution in [1.29, 1.82) is 10.5 Å². The Labute approximate surface area is 126 Å². The monoisotopic (exact) mass is 292 g/mol. The second-order valence-electron chi connectivity index (χ2n) is 4.25. The quantitative estimate of drug-likeness (QED) is 0.493. The molecule has 0 heterocycles. The zero-order valence-corrected chi connectivity index (χ0v) is 11.3. The minimum absolute atomic E-state index is 0.0236. The number of carbonyl (C=O) groups is 1. The van der Waals surface area contributed by atoms with Gasteiger partial charge in [0.1, 0.15) is 29.3 Å². The SMILES string of the molecule is N#CC(C#N)=Cc1ccc(OC(=O)c2cccc(F)c2)cc1. The molecule has 0 saturated heterocycles. The second-order valence-corrected chi connectivity index (χ2v) is 4.25. The van der Waals surface area contributed by atoms with Gasteiger partial charge in [-0.2, -0.15) is 10.5 Å². The molecule has 5 heteroatoms. The van der Waals surface area contributed by atoms with Gasteiger partial charge in [0.2, 0.25) is 0 Å². The van der Waals surface area contributed by atoms with E-state index in [9.17, 15) is 9.18 Å². The Bertz CT molecular complexity index is 796. The largest absolute Gasteiger partial charge is 0.423 e. The lowest BCUT2D eigenvalue weighted by Gasteiger charge is -2.04. The standard InChI is InChI=1S/C17H9FN2O2/c18-15-3-1-2-14(9-15)17(21)22-16-6-4-12(5-7-16)8-13(10-19)11-20/h1-9H. The van der Waals surface area contributed by atoms with Crippen molar-refractivity contribution in [1.82, 2.24) is 0 Å². The van der Waals surface area contributed by atoms with Crippen LogP contribution in [0.15, 0.2) is 54.1 Å². The van der Waals surface area contributed by atoms with E-state index in [1.165, 1.54) is 36.4 Å². The molecule has 0 aliphatic carbocycles. The number of hydrogen-bond donors (Lipinski definition) is 0. The highest BCUT2D eigenvalue weighted by Gasteiger charge is 2.09. The number of nitrogens with zero attached hydrogens (tertiary/aromatic N) is 2. The Morgan fingerprint density at radius 2 is 1.77 bits per heavy atom. The number of halogens is 1. The van der Waals surface area contributed by atoms with Gasteiger partial charge in [0.25, 0.3) is 0 Å². The fourth-order valence-electron chi connectivity index (χ4n) is 1.67. The summed E-state index contributed by atoms with van der Waals surface area (Å²) in [5.41, 5.74) is 0.716. The summed E-state index contributed by atoms with van der Waals surface area (Å²) in [4.78, 5) is 11.8. The van der Waals surface area contributed by atoms with E-state index in [1.807, 2.05) is 0 Å². The number of benzene rings is 2. The molecule has 0 saturated carbocycles. The fraction of sp³-hybridized carbons (Fsp3) is 0. The second kappa shape index (κ2) is 6.83. The van der Waals surface area contributed by atoms with Crippen molar-refractivity contribution in [3.05, 3.63) is 71.0 Å². The summed E-state index contributed by atoms with van der Waals surface area (Å²) >= 11 is 0. The molecule has 0 atom stereocenters. The van der Waals surface area contributed by atoms with Crippen molar-refractivity contribution in [3.8, 4) is 17.9 Å². The molecule has 2 rings (SSSR count). The molecule has 106 valence electrons. The number of hydrogen-bond acceptors (Lipinski definition) is 4. The van der Waals surface area contributed by atoms with Crippen LogP contribution < -0.4 is 4.74 Å². The summed E-state index contributed by atoms with van der Waals surface area (Å²) < 4.78 is 18.2. The summed E-state index contributed by atoms with van der Waals surface area (Å²) in [7, 11) is 0. The first-order valence-corrected chi connectivity index (χ1v) is 6.22. The molecule has 0 N–H and O–H groups in total. The molecule has 2 aromatic rings. The van der Waals surface area contributed by atoms with Gasteiger partial charge in [0, 0.05) is 0 Å². The summed E-state index contributed by atoms with van der Waals surface area (Å²) in [6.45, 7) is 0. The van der Waals surface area contributed by atoms with Crippen LogP contribution in [-0.4, -0.2) is 5.97 Å². The predicted octanol–water partition coefficient (Wildman–Crippen LogP) is 3.48. The van der Waals surface area contributed by atoms with Crippen molar-refractivity contribution in [2.24, 2.45) is 0 Å². The van der Waals surface area contributed by atoms with Crippen molar-refractivity contribution in [3.63, 3.8) is 0 Å². The zero-order chi connectivity index (χ0) is 15.9. The van der Waals surface area contributed by atoms with Crippen LogP contribution in [0.5, 0.6) is 5.75 Å². The van der Waals surface area contributed by atoms with Crippen LogP contribution in [0.1, 0.15) is 15.9 Å². The highest BCUT2D eigenvalue weighted by atomic mass is 19.1. The molecular weight excluding hydrogens is 283 g/mol. The number of carbonyl (C=O) groups excluding carboxylic acids is 1. The van der Waals surface area contributed by atoms with Gasteiger partial charge in [0.05, 0.1) is 5.56 Å². The lowest BCUT2D eigenvalue weighted by Crippen LogP contribution is -2.08. The molecule has 0 aliphatic heterocycles. The average Bonchev–Trinajstić information content (AvgIpc) is 2.54. The third-order valence-corrected chi connectivity index (χ3v) is 2.70. The molecule has 0 radical (unpaired) electrons. The number of allylic oxidation sites excluding steroid dienone is 1. The minimum atomic E-state index is -0.669. The third-order valence-electron chi connectivity index (χ3n) is 2.70. The topological polar surface area (TPSA) is 73.9 Å². The number of esters is 1. The molecule has 0 amide bonds.